The van der Waals surface area contributed by atoms with E-state index in [1.165, 1.54) is 0 Å². The highest BCUT2D eigenvalue weighted by molar-refractivity contribution is 5.71. The summed E-state index contributed by atoms with van der Waals surface area (Å²) in [6.07, 6.45) is 3.86. The molecule has 0 radical (unpaired) electrons. The number of rotatable bonds is 1. The Hall–Kier alpha value is -1.06. The van der Waals surface area contributed by atoms with Crippen LogP contribution in [0.3, 0.4) is 0 Å². The van der Waals surface area contributed by atoms with Crippen molar-refractivity contribution in [3.05, 3.63) is 0 Å². The molecule has 0 aromatic carbocycles. The van der Waals surface area contributed by atoms with Crippen LogP contribution in [0.15, 0.2) is 0 Å². The average molecular weight is 239 g/mol. The number of hydrogen-bond donors (Lipinski definition) is 0. The molecule has 2 aliphatic rings. The van der Waals surface area contributed by atoms with Gasteiger partial charge in [-0.25, -0.2) is 4.79 Å². The van der Waals surface area contributed by atoms with Crippen molar-refractivity contribution in [1.29, 1.82) is 0 Å². The van der Waals surface area contributed by atoms with E-state index in [4.69, 9.17) is 4.74 Å². The molecule has 0 N–H and O–H groups in total. The first-order valence-electron chi connectivity index (χ1n) is 6.37. The molecule has 1 heterocycles. The minimum Gasteiger partial charge on any atom is -0.444 e. The van der Waals surface area contributed by atoms with Crippen LogP contribution in [0.25, 0.3) is 0 Å². The Morgan fingerprint density at radius 3 is 2.59 bits per heavy atom. The van der Waals surface area contributed by atoms with Crippen LogP contribution >= 0.6 is 0 Å². The van der Waals surface area contributed by atoms with Gasteiger partial charge in [0.15, 0.2) is 0 Å². The third-order valence-electron chi connectivity index (χ3n) is 3.68. The minimum absolute atomic E-state index is 0.0243. The largest absolute Gasteiger partial charge is 0.444 e. The second-order valence-electron chi connectivity index (χ2n) is 6.10. The number of likely N-dealkylation sites (tertiary alicyclic amines) is 1. The number of hydrogen-bond acceptors (Lipinski definition) is 3. The van der Waals surface area contributed by atoms with Crippen LogP contribution < -0.4 is 0 Å². The van der Waals surface area contributed by atoms with E-state index in [1.807, 2.05) is 20.8 Å². The Kier molecular flexibility index (Phi) is 3.15. The number of nitrogens with zero attached hydrogens (tertiary/aromatic N) is 1. The number of fused-ring (bicyclic) bond motifs is 2. The normalized spacial score (nSPS) is 32.4. The Balaban J connectivity index is 2.08. The molecule has 1 aliphatic heterocycles. The summed E-state index contributed by atoms with van der Waals surface area (Å²) in [7, 11) is 0. The fraction of sp³-hybridized carbons (Fsp3) is 0.846. The number of amides is 1. The van der Waals surface area contributed by atoms with E-state index in [-0.39, 0.29) is 18.1 Å². The molecule has 0 aromatic rings. The van der Waals surface area contributed by atoms with Crippen LogP contribution in [-0.4, -0.2) is 35.5 Å². The number of carbonyl (C=O) groups excluding carboxylic acids is 2. The summed E-state index contributed by atoms with van der Waals surface area (Å²) in [5.74, 6) is 0.370. The van der Waals surface area contributed by atoms with Crippen LogP contribution in [0.4, 0.5) is 4.79 Å². The van der Waals surface area contributed by atoms with E-state index in [2.05, 4.69) is 0 Å². The molecule has 4 heteroatoms. The maximum absolute atomic E-state index is 12.1. The van der Waals surface area contributed by atoms with Gasteiger partial charge in [-0.05, 0) is 39.5 Å². The molecule has 4 nitrogen and oxygen atoms in total. The molecule has 1 saturated heterocycles. The number of ether oxygens (including phenoxy) is 1. The van der Waals surface area contributed by atoms with Gasteiger partial charge in [0.05, 0.1) is 0 Å². The Bertz CT molecular complexity index is 321. The maximum Gasteiger partial charge on any atom is 0.410 e. The first kappa shape index (κ1) is 12.4. The van der Waals surface area contributed by atoms with Crippen LogP contribution in [-0.2, 0) is 9.53 Å². The Morgan fingerprint density at radius 2 is 2.06 bits per heavy atom. The third-order valence-corrected chi connectivity index (χ3v) is 3.68. The van der Waals surface area contributed by atoms with Gasteiger partial charge in [-0.2, -0.15) is 0 Å². The van der Waals surface area contributed by atoms with Crippen LogP contribution in [0.5, 0.6) is 0 Å². The lowest BCUT2D eigenvalue weighted by atomic mass is 9.81. The first-order valence-corrected chi connectivity index (χ1v) is 6.37. The van der Waals surface area contributed by atoms with Crippen molar-refractivity contribution in [2.24, 2.45) is 11.8 Å². The van der Waals surface area contributed by atoms with Gasteiger partial charge in [0.25, 0.3) is 0 Å². The zero-order chi connectivity index (χ0) is 12.6. The van der Waals surface area contributed by atoms with E-state index in [9.17, 15) is 9.59 Å². The lowest BCUT2D eigenvalue weighted by Gasteiger charge is -2.30. The van der Waals surface area contributed by atoms with E-state index < -0.39 is 5.60 Å². The SMILES string of the molecule is CC(C)(C)OC(=O)N1CC2CCCC1C2C=O. The molecule has 2 bridgehead atoms. The van der Waals surface area contributed by atoms with Crippen molar-refractivity contribution in [3.63, 3.8) is 0 Å². The Morgan fingerprint density at radius 1 is 1.35 bits per heavy atom. The van der Waals surface area contributed by atoms with E-state index in [1.54, 1.807) is 4.90 Å². The molecule has 3 atom stereocenters. The standard InChI is InChI=1S/C13H21NO3/c1-13(2,3)17-12(16)14-7-9-5-4-6-11(14)10(9)8-15/h8-11H,4-7H2,1-3H3. The van der Waals surface area contributed by atoms with Gasteiger partial charge in [-0.3, -0.25) is 0 Å². The summed E-state index contributed by atoms with van der Waals surface area (Å²) < 4.78 is 5.39. The van der Waals surface area contributed by atoms with Crippen molar-refractivity contribution >= 4 is 12.4 Å². The van der Waals surface area contributed by atoms with Gasteiger partial charge >= 0.3 is 6.09 Å². The van der Waals surface area contributed by atoms with Crippen LogP contribution in [0, 0.1) is 11.8 Å². The average Bonchev–Trinajstić information content (AvgIpc) is 2.41. The summed E-state index contributed by atoms with van der Waals surface area (Å²) in [5, 5.41) is 0. The summed E-state index contributed by atoms with van der Waals surface area (Å²) in [6.45, 7) is 6.28. The fourth-order valence-electron chi connectivity index (χ4n) is 2.99. The second-order valence-corrected chi connectivity index (χ2v) is 6.10. The molecule has 1 amide bonds. The molecule has 17 heavy (non-hydrogen) atoms. The van der Waals surface area contributed by atoms with Gasteiger partial charge in [-0.15, -0.1) is 0 Å². The van der Waals surface area contributed by atoms with Crippen LogP contribution in [0.2, 0.25) is 0 Å². The van der Waals surface area contributed by atoms with E-state index in [0.29, 0.717) is 12.5 Å². The molecule has 1 aliphatic carbocycles. The fourth-order valence-corrected chi connectivity index (χ4v) is 2.99. The monoisotopic (exact) mass is 239 g/mol. The predicted molar refractivity (Wildman–Crippen MR) is 63.6 cm³/mol. The smallest absolute Gasteiger partial charge is 0.410 e. The lowest BCUT2D eigenvalue weighted by molar-refractivity contribution is -0.113. The molecule has 3 unspecified atom stereocenters. The van der Waals surface area contributed by atoms with Crippen LogP contribution in [0.1, 0.15) is 40.0 Å². The van der Waals surface area contributed by atoms with Crippen molar-refractivity contribution in [2.45, 2.75) is 51.7 Å². The predicted octanol–water partition coefficient (Wildman–Crippen LogP) is 2.22. The third kappa shape index (κ3) is 2.45. The number of aldehydes is 1. The molecule has 0 aromatic heterocycles. The Labute approximate surface area is 102 Å². The molecule has 1 saturated carbocycles. The van der Waals surface area contributed by atoms with Gasteiger partial charge in [0.1, 0.15) is 11.9 Å². The second kappa shape index (κ2) is 4.31. The molecular formula is C13H21NO3. The van der Waals surface area contributed by atoms with E-state index >= 15 is 0 Å². The van der Waals surface area contributed by atoms with Crippen molar-refractivity contribution in [1.82, 2.24) is 4.90 Å². The summed E-state index contributed by atoms with van der Waals surface area (Å²) in [6, 6.07) is 0.0705. The lowest BCUT2D eigenvalue weighted by Crippen LogP contribution is -2.41. The highest BCUT2D eigenvalue weighted by atomic mass is 16.6. The van der Waals surface area contributed by atoms with Crippen molar-refractivity contribution in [3.8, 4) is 0 Å². The van der Waals surface area contributed by atoms with Crippen molar-refractivity contribution in [2.75, 3.05) is 6.54 Å². The highest BCUT2D eigenvalue weighted by Gasteiger charge is 2.46. The topological polar surface area (TPSA) is 46.6 Å². The quantitative estimate of drug-likeness (QED) is 0.659. The van der Waals surface area contributed by atoms with E-state index in [0.717, 1.165) is 25.5 Å². The molecular weight excluding hydrogens is 218 g/mol. The minimum atomic E-state index is -0.468. The molecule has 2 rings (SSSR count). The summed E-state index contributed by atoms with van der Waals surface area (Å²) in [5.41, 5.74) is -0.468. The van der Waals surface area contributed by atoms with Gasteiger partial charge < -0.3 is 14.4 Å². The molecule has 96 valence electrons. The van der Waals surface area contributed by atoms with Gasteiger partial charge in [0, 0.05) is 18.5 Å². The molecule has 0 spiro atoms. The highest BCUT2D eigenvalue weighted by Crippen LogP contribution is 2.39. The van der Waals surface area contributed by atoms with Gasteiger partial charge in [-0.1, -0.05) is 6.42 Å². The maximum atomic E-state index is 12.1. The summed E-state index contributed by atoms with van der Waals surface area (Å²) in [4.78, 5) is 24.9. The van der Waals surface area contributed by atoms with Crippen molar-refractivity contribution < 1.29 is 14.3 Å². The van der Waals surface area contributed by atoms with Gasteiger partial charge in [0.2, 0.25) is 0 Å². The first-order chi connectivity index (χ1) is 7.92. The zero-order valence-corrected chi connectivity index (χ0v) is 10.8. The summed E-state index contributed by atoms with van der Waals surface area (Å²) >= 11 is 0. The molecule has 2 fully saturated rings. The number of carbonyl (C=O) groups is 2. The zero-order valence-electron chi connectivity index (χ0n) is 10.8.